The van der Waals surface area contributed by atoms with Crippen molar-refractivity contribution < 1.29 is 4.79 Å². The Morgan fingerprint density at radius 1 is 1.00 bits per heavy atom. The van der Waals surface area contributed by atoms with Gasteiger partial charge in [-0.25, -0.2) is 0 Å². The number of hydrogen-bond donors (Lipinski definition) is 0. The van der Waals surface area contributed by atoms with Crippen LogP contribution < -0.4 is 0 Å². The molecule has 0 bridgehead atoms. The monoisotopic (exact) mass is 290 g/mol. The lowest BCUT2D eigenvalue weighted by atomic mass is 10.1. The van der Waals surface area contributed by atoms with Gasteiger partial charge >= 0.3 is 0 Å². The van der Waals surface area contributed by atoms with E-state index in [1.165, 1.54) is 0 Å². The van der Waals surface area contributed by atoms with E-state index in [1.807, 2.05) is 55.6 Å². The molecule has 2 aromatic carbocycles. The van der Waals surface area contributed by atoms with E-state index in [2.05, 4.69) is 5.18 Å². The molecule has 0 aliphatic rings. The number of nitroso groups, excluding NO2 is 1. The molecule has 0 aliphatic heterocycles. The van der Waals surface area contributed by atoms with Crippen LogP contribution in [0.3, 0.4) is 0 Å². The van der Waals surface area contributed by atoms with Gasteiger partial charge in [0.15, 0.2) is 6.29 Å². The molecule has 0 fully saturated rings. The Hall–Kier alpha value is -3.01. The van der Waals surface area contributed by atoms with Gasteiger partial charge in [-0.15, -0.1) is 4.91 Å². The first-order chi connectivity index (χ1) is 10.7. The van der Waals surface area contributed by atoms with E-state index >= 15 is 0 Å². The molecule has 0 radical (unpaired) electrons. The number of benzene rings is 2. The summed E-state index contributed by atoms with van der Waals surface area (Å²) in [6.45, 7) is 1.93. The summed E-state index contributed by atoms with van der Waals surface area (Å²) in [5.41, 5.74) is 4.32. The number of aldehydes is 1. The van der Waals surface area contributed by atoms with E-state index < -0.39 is 0 Å². The summed E-state index contributed by atoms with van der Waals surface area (Å²) in [7, 11) is 0. The van der Waals surface area contributed by atoms with Crippen LogP contribution in [0.2, 0.25) is 0 Å². The highest BCUT2D eigenvalue weighted by Crippen LogP contribution is 2.29. The maximum Gasteiger partial charge on any atom is 0.166 e. The van der Waals surface area contributed by atoms with Crippen LogP contribution in [0.5, 0.6) is 0 Å². The number of carbonyl (C=O) groups is 1. The zero-order valence-corrected chi connectivity index (χ0v) is 12.1. The second kappa shape index (κ2) is 5.77. The number of rotatable bonds is 4. The number of nitrogens with zero attached hydrogens (tertiary/aromatic N) is 2. The van der Waals surface area contributed by atoms with Gasteiger partial charge in [0, 0.05) is 11.8 Å². The fourth-order valence-electron chi connectivity index (χ4n) is 2.47. The van der Waals surface area contributed by atoms with Crippen molar-refractivity contribution in [1.82, 2.24) is 4.57 Å². The second-order valence-electron chi connectivity index (χ2n) is 5.09. The average molecular weight is 290 g/mol. The predicted molar refractivity (Wildman–Crippen MR) is 86.8 cm³/mol. The maximum absolute atomic E-state index is 11.4. The molecule has 4 heteroatoms. The molecule has 108 valence electrons. The van der Waals surface area contributed by atoms with Gasteiger partial charge in [-0.2, -0.15) is 0 Å². The van der Waals surface area contributed by atoms with Gasteiger partial charge in [0.05, 0.1) is 11.4 Å². The standard InChI is InChI=1S/C18H14N2O2/c1-13-7-8-17(19-22)18(9-13)20-11-15(10-16(20)12-21)14-5-3-2-4-6-14/h2-12H,1H3. The third-order valence-corrected chi connectivity index (χ3v) is 3.57. The van der Waals surface area contributed by atoms with Crippen LogP contribution in [0.4, 0.5) is 5.69 Å². The third kappa shape index (κ3) is 2.46. The van der Waals surface area contributed by atoms with E-state index in [1.54, 1.807) is 16.7 Å². The van der Waals surface area contributed by atoms with Gasteiger partial charge in [0.25, 0.3) is 0 Å². The molecule has 0 amide bonds. The van der Waals surface area contributed by atoms with Crippen molar-refractivity contribution in [3.8, 4) is 16.8 Å². The lowest BCUT2D eigenvalue weighted by molar-refractivity contribution is 0.111. The van der Waals surface area contributed by atoms with Gasteiger partial charge in [-0.3, -0.25) is 4.79 Å². The Morgan fingerprint density at radius 3 is 2.45 bits per heavy atom. The largest absolute Gasteiger partial charge is 0.311 e. The van der Waals surface area contributed by atoms with Gasteiger partial charge in [-0.1, -0.05) is 36.4 Å². The van der Waals surface area contributed by atoms with Crippen molar-refractivity contribution in [2.24, 2.45) is 5.18 Å². The molecule has 3 rings (SSSR count). The molecule has 0 aliphatic carbocycles. The molecule has 4 nitrogen and oxygen atoms in total. The Balaban J connectivity index is 2.20. The third-order valence-electron chi connectivity index (χ3n) is 3.57. The van der Waals surface area contributed by atoms with Crippen LogP contribution in [-0.2, 0) is 0 Å². The molecule has 0 saturated heterocycles. The van der Waals surface area contributed by atoms with Crippen LogP contribution >= 0.6 is 0 Å². The van der Waals surface area contributed by atoms with E-state index in [-0.39, 0.29) is 0 Å². The zero-order chi connectivity index (χ0) is 15.5. The highest BCUT2D eigenvalue weighted by Gasteiger charge is 2.12. The van der Waals surface area contributed by atoms with Crippen LogP contribution in [0.15, 0.2) is 66.0 Å². The summed E-state index contributed by atoms with van der Waals surface area (Å²) < 4.78 is 1.71. The maximum atomic E-state index is 11.4. The van der Waals surface area contributed by atoms with Crippen LogP contribution in [0.1, 0.15) is 16.1 Å². The fraction of sp³-hybridized carbons (Fsp3) is 0.0556. The fourth-order valence-corrected chi connectivity index (χ4v) is 2.47. The molecule has 0 N–H and O–H groups in total. The van der Waals surface area contributed by atoms with Crippen molar-refractivity contribution in [1.29, 1.82) is 0 Å². The molecular formula is C18H14N2O2. The second-order valence-corrected chi connectivity index (χ2v) is 5.09. The van der Waals surface area contributed by atoms with Crippen molar-refractivity contribution in [2.75, 3.05) is 0 Å². The van der Waals surface area contributed by atoms with Crippen molar-refractivity contribution in [2.45, 2.75) is 6.92 Å². The summed E-state index contributed by atoms with van der Waals surface area (Å²) in [6, 6.07) is 16.9. The number of carbonyl (C=O) groups excluding carboxylic acids is 1. The summed E-state index contributed by atoms with van der Waals surface area (Å²) >= 11 is 0. The minimum absolute atomic E-state index is 0.309. The molecule has 1 heterocycles. The summed E-state index contributed by atoms with van der Waals surface area (Å²) in [4.78, 5) is 22.4. The van der Waals surface area contributed by atoms with Gasteiger partial charge in [-0.05, 0) is 41.4 Å². The van der Waals surface area contributed by atoms with Crippen molar-refractivity contribution in [3.05, 3.63) is 77.0 Å². The molecule has 0 saturated carbocycles. The van der Waals surface area contributed by atoms with E-state index in [9.17, 15) is 9.70 Å². The molecule has 22 heavy (non-hydrogen) atoms. The topological polar surface area (TPSA) is 51.4 Å². The molecular weight excluding hydrogens is 276 g/mol. The number of aromatic nitrogens is 1. The van der Waals surface area contributed by atoms with E-state index in [0.717, 1.165) is 23.0 Å². The Labute approximate surface area is 128 Å². The van der Waals surface area contributed by atoms with Gasteiger partial charge in [0.1, 0.15) is 5.69 Å². The highest BCUT2D eigenvalue weighted by molar-refractivity contribution is 5.80. The predicted octanol–water partition coefficient (Wildman–Crippen LogP) is 4.66. The summed E-state index contributed by atoms with van der Waals surface area (Å²) in [5, 5.41) is 3.06. The lowest BCUT2D eigenvalue weighted by Crippen LogP contribution is -1.98. The van der Waals surface area contributed by atoms with Crippen molar-refractivity contribution in [3.63, 3.8) is 0 Å². The minimum Gasteiger partial charge on any atom is -0.311 e. The SMILES string of the molecule is Cc1ccc(N=O)c(-n2cc(-c3ccccc3)cc2C=O)c1. The van der Waals surface area contributed by atoms with Gasteiger partial charge < -0.3 is 4.57 Å². The zero-order valence-electron chi connectivity index (χ0n) is 12.1. The lowest BCUT2D eigenvalue weighted by Gasteiger charge is -2.08. The van der Waals surface area contributed by atoms with Gasteiger partial charge in [0.2, 0.25) is 0 Å². The Bertz CT molecular complexity index is 836. The first kappa shape index (κ1) is 13.9. The molecule has 0 unspecified atom stereocenters. The average Bonchev–Trinajstić information content (AvgIpc) is 3.00. The van der Waals surface area contributed by atoms with Crippen LogP contribution in [0.25, 0.3) is 16.8 Å². The highest BCUT2D eigenvalue weighted by atomic mass is 16.3. The number of hydrogen-bond acceptors (Lipinski definition) is 3. The smallest absolute Gasteiger partial charge is 0.166 e. The summed E-state index contributed by atoms with van der Waals surface area (Å²) in [6.07, 6.45) is 2.63. The molecule has 1 aromatic heterocycles. The molecule has 0 spiro atoms. The Kier molecular flexibility index (Phi) is 3.66. The van der Waals surface area contributed by atoms with E-state index in [0.29, 0.717) is 17.1 Å². The van der Waals surface area contributed by atoms with Crippen molar-refractivity contribution >= 4 is 12.0 Å². The normalized spacial score (nSPS) is 10.4. The van der Waals surface area contributed by atoms with E-state index in [4.69, 9.17) is 0 Å². The molecule has 3 aromatic rings. The Morgan fingerprint density at radius 2 is 1.77 bits per heavy atom. The minimum atomic E-state index is 0.309. The summed E-state index contributed by atoms with van der Waals surface area (Å²) in [5.74, 6) is 0. The number of aryl methyl sites for hydroxylation is 1. The van der Waals surface area contributed by atoms with Crippen LogP contribution in [0, 0.1) is 11.8 Å². The quantitative estimate of drug-likeness (QED) is 0.518. The molecule has 0 atom stereocenters. The first-order valence-electron chi connectivity index (χ1n) is 6.90. The first-order valence-corrected chi connectivity index (χ1v) is 6.90. The van der Waals surface area contributed by atoms with Crippen LogP contribution in [-0.4, -0.2) is 10.9 Å².